The maximum atomic E-state index is 12.8. The van der Waals surface area contributed by atoms with Crippen molar-refractivity contribution in [3.63, 3.8) is 0 Å². The Kier molecular flexibility index (Phi) is 6.05. The fourth-order valence-corrected chi connectivity index (χ4v) is 4.56. The molecule has 1 unspecified atom stereocenters. The molecule has 2 aromatic rings. The molecular formula is C19H22N4O4S. The molecule has 1 aliphatic heterocycles. The van der Waals surface area contributed by atoms with Crippen LogP contribution in [0.25, 0.3) is 11.3 Å². The highest BCUT2D eigenvalue weighted by atomic mass is 32.2. The third-order valence-electron chi connectivity index (χ3n) is 4.58. The maximum Gasteiger partial charge on any atom is 0.269 e. The summed E-state index contributed by atoms with van der Waals surface area (Å²) in [5.41, 5.74) is 4.80. The quantitative estimate of drug-likeness (QED) is 0.567. The van der Waals surface area contributed by atoms with Crippen LogP contribution in [0.15, 0.2) is 53.8 Å². The third-order valence-corrected chi connectivity index (χ3v) is 6.20. The number of rotatable bonds is 6. The zero-order chi connectivity index (χ0) is 20.1. The van der Waals surface area contributed by atoms with Gasteiger partial charge < -0.3 is 0 Å². The summed E-state index contributed by atoms with van der Waals surface area (Å²) in [6.07, 6.45) is 2.78. The maximum absolute atomic E-state index is 12.8. The van der Waals surface area contributed by atoms with E-state index in [4.69, 9.17) is 5.21 Å². The first-order valence-corrected chi connectivity index (χ1v) is 10.5. The van der Waals surface area contributed by atoms with Crippen LogP contribution in [0.3, 0.4) is 0 Å². The van der Waals surface area contributed by atoms with Gasteiger partial charge in [0.1, 0.15) is 6.04 Å². The minimum atomic E-state index is -3.82. The van der Waals surface area contributed by atoms with Gasteiger partial charge in [-0.3, -0.25) is 15.0 Å². The Balaban J connectivity index is 1.72. The molecule has 28 heavy (non-hydrogen) atoms. The van der Waals surface area contributed by atoms with E-state index in [0.29, 0.717) is 12.1 Å². The lowest BCUT2D eigenvalue weighted by molar-refractivity contribution is -0.133. The Labute approximate surface area is 163 Å². The second-order valence-corrected chi connectivity index (χ2v) is 8.56. The third kappa shape index (κ3) is 4.55. The lowest BCUT2D eigenvalue weighted by Crippen LogP contribution is -2.49. The standard InChI is InChI=1S/C19H22N4O4S/c1-14-5-10-18(19(24)22-25)23(21-14)28(26,27)13-11-15-6-8-16(9-7-15)17-4-2-3-12-20-17/h2-4,6-9,12,18,25H,5,10-11,13H2,1H3,(H,22,24). The number of aryl methyl sites for hydroxylation is 1. The molecule has 0 bridgehead atoms. The number of amides is 1. The van der Waals surface area contributed by atoms with Gasteiger partial charge in [-0.15, -0.1) is 0 Å². The summed E-state index contributed by atoms with van der Waals surface area (Å²) in [5, 5.41) is 12.9. The second kappa shape index (κ2) is 8.49. The Morgan fingerprint density at radius 3 is 2.64 bits per heavy atom. The molecule has 1 aromatic heterocycles. The van der Waals surface area contributed by atoms with Gasteiger partial charge in [0.25, 0.3) is 15.9 Å². The number of nitrogens with one attached hydrogen (secondary N) is 1. The average Bonchev–Trinajstić information content (AvgIpc) is 2.73. The zero-order valence-electron chi connectivity index (χ0n) is 15.4. The number of hydrogen-bond acceptors (Lipinski definition) is 6. The first-order chi connectivity index (χ1) is 13.4. The Morgan fingerprint density at radius 1 is 1.25 bits per heavy atom. The van der Waals surface area contributed by atoms with E-state index < -0.39 is 22.0 Å². The summed E-state index contributed by atoms with van der Waals surface area (Å²) in [4.78, 5) is 16.1. The molecule has 2 heterocycles. The van der Waals surface area contributed by atoms with Crippen molar-refractivity contribution in [2.24, 2.45) is 5.10 Å². The monoisotopic (exact) mass is 402 g/mol. The van der Waals surface area contributed by atoms with Crippen LogP contribution in [-0.2, 0) is 21.2 Å². The lowest BCUT2D eigenvalue weighted by atomic mass is 10.1. The number of carbonyl (C=O) groups excluding carboxylic acids is 1. The van der Waals surface area contributed by atoms with E-state index in [9.17, 15) is 13.2 Å². The van der Waals surface area contributed by atoms with Crippen LogP contribution in [0.4, 0.5) is 0 Å². The predicted octanol–water partition coefficient (Wildman–Crippen LogP) is 1.97. The molecular weight excluding hydrogens is 380 g/mol. The van der Waals surface area contributed by atoms with Gasteiger partial charge in [-0.2, -0.15) is 9.52 Å². The summed E-state index contributed by atoms with van der Waals surface area (Å²) in [5.74, 6) is -0.971. The normalized spacial score (nSPS) is 17.1. The molecule has 0 aliphatic carbocycles. The summed E-state index contributed by atoms with van der Waals surface area (Å²) in [7, 11) is -3.82. The number of pyridine rings is 1. The highest BCUT2D eigenvalue weighted by Crippen LogP contribution is 2.22. The average molecular weight is 402 g/mol. The smallest absolute Gasteiger partial charge is 0.269 e. The van der Waals surface area contributed by atoms with Crippen molar-refractivity contribution >= 4 is 21.6 Å². The minimum absolute atomic E-state index is 0.193. The number of carbonyl (C=O) groups is 1. The molecule has 1 amide bonds. The summed E-state index contributed by atoms with van der Waals surface area (Å²) in [6.45, 7) is 1.71. The van der Waals surface area contributed by atoms with Gasteiger partial charge in [-0.1, -0.05) is 30.3 Å². The number of sulfonamides is 1. The fourth-order valence-electron chi connectivity index (χ4n) is 3.02. The molecule has 3 rings (SSSR count). The van der Waals surface area contributed by atoms with Crippen molar-refractivity contribution in [2.75, 3.05) is 5.75 Å². The van der Waals surface area contributed by atoms with Crippen molar-refractivity contribution in [3.05, 3.63) is 54.2 Å². The van der Waals surface area contributed by atoms with Gasteiger partial charge in [-0.05, 0) is 43.9 Å². The first kappa shape index (κ1) is 20.0. The van der Waals surface area contributed by atoms with E-state index in [1.165, 1.54) is 5.48 Å². The van der Waals surface area contributed by atoms with Gasteiger partial charge in [0.15, 0.2) is 0 Å². The molecule has 2 N–H and O–H groups in total. The van der Waals surface area contributed by atoms with Gasteiger partial charge in [-0.25, -0.2) is 13.9 Å². The van der Waals surface area contributed by atoms with E-state index >= 15 is 0 Å². The Morgan fingerprint density at radius 2 is 2.00 bits per heavy atom. The van der Waals surface area contributed by atoms with Crippen LogP contribution in [0.1, 0.15) is 25.3 Å². The molecule has 0 spiro atoms. The molecule has 0 fully saturated rings. The van der Waals surface area contributed by atoms with Crippen LogP contribution in [0, 0.1) is 0 Å². The first-order valence-electron chi connectivity index (χ1n) is 8.91. The van der Waals surface area contributed by atoms with Gasteiger partial charge >= 0.3 is 0 Å². The number of hydrazone groups is 1. The van der Waals surface area contributed by atoms with Crippen molar-refractivity contribution in [3.8, 4) is 11.3 Å². The summed E-state index contributed by atoms with van der Waals surface area (Å²) in [6, 6.07) is 12.1. The van der Waals surface area contributed by atoms with Gasteiger partial charge in [0.2, 0.25) is 0 Å². The molecule has 1 atom stereocenters. The Hall–Kier alpha value is -2.78. The highest BCUT2D eigenvalue weighted by molar-refractivity contribution is 7.89. The van der Waals surface area contributed by atoms with Crippen molar-refractivity contribution in [1.82, 2.24) is 14.9 Å². The number of nitrogens with zero attached hydrogens (tertiary/aromatic N) is 3. The lowest BCUT2D eigenvalue weighted by Gasteiger charge is -2.30. The molecule has 0 saturated heterocycles. The van der Waals surface area contributed by atoms with Crippen molar-refractivity contribution in [1.29, 1.82) is 0 Å². The topological polar surface area (TPSA) is 112 Å². The van der Waals surface area contributed by atoms with E-state index in [0.717, 1.165) is 21.2 Å². The zero-order valence-corrected chi connectivity index (χ0v) is 16.3. The SMILES string of the molecule is CC1=NN(S(=O)(=O)CCc2ccc(-c3ccccn3)cc2)C(C(=O)NO)CC1. The largest absolute Gasteiger partial charge is 0.289 e. The fraction of sp³-hybridized carbons (Fsp3) is 0.316. The number of hydrogen-bond donors (Lipinski definition) is 2. The molecule has 9 heteroatoms. The highest BCUT2D eigenvalue weighted by Gasteiger charge is 2.36. The number of aromatic nitrogens is 1. The van der Waals surface area contributed by atoms with Crippen LogP contribution >= 0.6 is 0 Å². The van der Waals surface area contributed by atoms with Crippen LogP contribution in [-0.4, -0.2) is 46.4 Å². The van der Waals surface area contributed by atoms with E-state index in [1.807, 2.05) is 42.5 Å². The molecule has 0 radical (unpaired) electrons. The van der Waals surface area contributed by atoms with E-state index in [2.05, 4.69) is 10.1 Å². The van der Waals surface area contributed by atoms with Crippen LogP contribution in [0.2, 0.25) is 0 Å². The molecule has 8 nitrogen and oxygen atoms in total. The van der Waals surface area contributed by atoms with Crippen LogP contribution in [0.5, 0.6) is 0 Å². The molecule has 0 saturated carbocycles. The number of benzene rings is 1. The molecule has 1 aromatic carbocycles. The van der Waals surface area contributed by atoms with Gasteiger partial charge in [0.05, 0.1) is 11.4 Å². The van der Waals surface area contributed by atoms with E-state index in [1.54, 1.807) is 13.1 Å². The predicted molar refractivity (Wildman–Crippen MR) is 105 cm³/mol. The number of hydroxylamine groups is 1. The Bertz CT molecular complexity index is 959. The summed E-state index contributed by atoms with van der Waals surface area (Å²) < 4.78 is 26.4. The second-order valence-electron chi connectivity index (χ2n) is 6.62. The summed E-state index contributed by atoms with van der Waals surface area (Å²) >= 11 is 0. The van der Waals surface area contributed by atoms with Crippen LogP contribution < -0.4 is 5.48 Å². The molecule has 148 valence electrons. The van der Waals surface area contributed by atoms with E-state index in [-0.39, 0.29) is 18.6 Å². The molecule has 1 aliphatic rings. The minimum Gasteiger partial charge on any atom is -0.289 e. The van der Waals surface area contributed by atoms with Crippen molar-refractivity contribution in [2.45, 2.75) is 32.2 Å². The van der Waals surface area contributed by atoms with Crippen molar-refractivity contribution < 1.29 is 18.4 Å². The van der Waals surface area contributed by atoms with Gasteiger partial charge in [0, 0.05) is 17.5 Å².